The number of ether oxygens (including phenoxy) is 5. The lowest BCUT2D eigenvalue weighted by Crippen LogP contribution is -2.16. The molecule has 0 fully saturated rings. The summed E-state index contributed by atoms with van der Waals surface area (Å²) in [5.74, 6) is 1.49. The van der Waals surface area contributed by atoms with Crippen molar-refractivity contribution in [1.29, 1.82) is 0 Å². The van der Waals surface area contributed by atoms with Crippen LogP contribution in [0.25, 0.3) is 22.9 Å². The van der Waals surface area contributed by atoms with Crippen LogP contribution in [0.5, 0.6) is 34.6 Å². The molecule has 0 unspecified atom stereocenters. The number of hydrogen-bond acceptors (Lipinski definition) is 13. The number of pyridine rings is 1. The average Bonchev–Trinajstić information content (AvgIpc) is 3.71. The second kappa shape index (κ2) is 11.2. The van der Waals surface area contributed by atoms with Crippen LogP contribution in [0, 0.1) is 0 Å². The second-order valence-corrected chi connectivity index (χ2v) is 10.2. The zero-order valence-corrected chi connectivity index (χ0v) is 23.0. The first-order valence-corrected chi connectivity index (χ1v) is 13.9. The van der Waals surface area contributed by atoms with Gasteiger partial charge in [0.25, 0.3) is 15.9 Å². The highest BCUT2D eigenvalue weighted by molar-refractivity contribution is 7.92. The molecule has 3 aromatic heterocycles. The van der Waals surface area contributed by atoms with E-state index in [1.807, 2.05) is 0 Å². The summed E-state index contributed by atoms with van der Waals surface area (Å²) in [5, 5.41) is 13.8. The first kappa shape index (κ1) is 26.7. The molecule has 0 atom stereocenters. The van der Waals surface area contributed by atoms with Gasteiger partial charge in [-0.1, -0.05) is 12.1 Å². The molecule has 0 bridgehead atoms. The number of rotatable bonds is 10. The van der Waals surface area contributed by atoms with Crippen LogP contribution in [0.15, 0.2) is 65.7 Å². The minimum absolute atomic E-state index is 0.00603. The number of H-pyrrole nitrogens is 1. The van der Waals surface area contributed by atoms with Gasteiger partial charge in [0.05, 0.1) is 18.6 Å². The summed E-state index contributed by atoms with van der Waals surface area (Å²) in [6.07, 6.45) is 1.51. The molecular formula is C26H22N8O7S. The largest absolute Gasteiger partial charge is 0.493 e. The van der Waals surface area contributed by atoms with E-state index >= 15 is 0 Å². The van der Waals surface area contributed by atoms with Crippen molar-refractivity contribution in [2.24, 2.45) is 0 Å². The Labute approximate surface area is 238 Å². The van der Waals surface area contributed by atoms with Gasteiger partial charge in [-0.3, -0.25) is 9.71 Å². The summed E-state index contributed by atoms with van der Waals surface area (Å²) in [6.45, 7) is 1.94. The Bertz CT molecular complexity index is 1850. The Morgan fingerprint density at radius 2 is 1.83 bits per heavy atom. The number of hydrogen-bond donors (Lipinski definition) is 2. The number of nitrogens with one attached hydrogen (secondary N) is 2. The van der Waals surface area contributed by atoms with Crippen molar-refractivity contribution in [3.63, 3.8) is 0 Å². The molecule has 0 saturated heterocycles. The number of aromatic amines is 1. The van der Waals surface area contributed by atoms with E-state index in [0.29, 0.717) is 28.5 Å². The van der Waals surface area contributed by atoms with Crippen LogP contribution in [0.2, 0.25) is 0 Å². The van der Waals surface area contributed by atoms with E-state index < -0.39 is 10.0 Å². The Balaban J connectivity index is 1.49. The number of nitrogens with zero attached hydrogens (tertiary/aromatic N) is 6. The van der Waals surface area contributed by atoms with Crippen LogP contribution >= 0.6 is 0 Å². The molecule has 42 heavy (non-hydrogen) atoms. The topological polar surface area (TPSA) is 185 Å². The third kappa shape index (κ3) is 5.29. The van der Waals surface area contributed by atoms with E-state index in [0.717, 1.165) is 0 Å². The van der Waals surface area contributed by atoms with Gasteiger partial charge in [-0.05, 0) is 48.5 Å². The van der Waals surface area contributed by atoms with Crippen molar-refractivity contribution in [3.05, 3.63) is 60.8 Å². The quantitative estimate of drug-likeness (QED) is 0.241. The third-order valence-electron chi connectivity index (χ3n) is 5.87. The molecule has 214 valence electrons. The number of fused-ring (bicyclic) bond motifs is 1. The smallest absolute Gasteiger partial charge is 0.263 e. The van der Waals surface area contributed by atoms with Gasteiger partial charge in [-0.25, -0.2) is 13.4 Å². The zero-order valence-electron chi connectivity index (χ0n) is 22.1. The van der Waals surface area contributed by atoms with E-state index in [9.17, 15) is 8.42 Å². The van der Waals surface area contributed by atoms with Crippen LogP contribution in [0.1, 0.15) is 6.92 Å². The van der Waals surface area contributed by atoms with Crippen molar-refractivity contribution in [2.75, 3.05) is 25.2 Å². The Kier molecular flexibility index (Phi) is 7.10. The van der Waals surface area contributed by atoms with Crippen LogP contribution in [-0.2, 0) is 10.0 Å². The highest BCUT2D eigenvalue weighted by atomic mass is 32.2. The second-order valence-electron chi connectivity index (χ2n) is 8.50. The summed E-state index contributed by atoms with van der Waals surface area (Å²) < 4.78 is 57.8. The number of methoxy groups -OCH3 is 1. The lowest BCUT2D eigenvalue weighted by molar-refractivity contribution is 0.174. The predicted molar refractivity (Wildman–Crippen MR) is 146 cm³/mol. The Hall–Kier alpha value is -5.51. The van der Waals surface area contributed by atoms with E-state index in [1.54, 1.807) is 43.3 Å². The number of tetrazole rings is 1. The summed E-state index contributed by atoms with van der Waals surface area (Å²) in [7, 11) is -2.74. The minimum Gasteiger partial charge on any atom is -0.493 e. The van der Waals surface area contributed by atoms with Crippen LogP contribution in [0.4, 0.5) is 5.82 Å². The zero-order chi connectivity index (χ0) is 29.1. The monoisotopic (exact) mass is 590 g/mol. The van der Waals surface area contributed by atoms with E-state index in [-0.39, 0.29) is 53.1 Å². The van der Waals surface area contributed by atoms with E-state index in [2.05, 4.69) is 40.3 Å². The lowest BCUT2D eigenvalue weighted by atomic mass is 10.2. The van der Waals surface area contributed by atoms with Gasteiger partial charge in [-0.2, -0.15) is 10.2 Å². The van der Waals surface area contributed by atoms with Gasteiger partial charge < -0.3 is 23.7 Å². The van der Waals surface area contributed by atoms with Crippen molar-refractivity contribution >= 4 is 15.8 Å². The first-order valence-electron chi connectivity index (χ1n) is 12.4. The molecule has 0 aliphatic carbocycles. The van der Waals surface area contributed by atoms with Crippen molar-refractivity contribution < 1.29 is 32.1 Å². The van der Waals surface area contributed by atoms with Gasteiger partial charge >= 0.3 is 0 Å². The van der Waals surface area contributed by atoms with Crippen LogP contribution < -0.4 is 28.4 Å². The number of aromatic nitrogens is 7. The highest BCUT2D eigenvalue weighted by Gasteiger charge is 2.27. The fraction of sp³-hybridized carbons (Fsp3) is 0.154. The van der Waals surface area contributed by atoms with Gasteiger partial charge in [0.1, 0.15) is 5.69 Å². The van der Waals surface area contributed by atoms with Crippen molar-refractivity contribution in [1.82, 2.24) is 35.6 Å². The third-order valence-corrected chi connectivity index (χ3v) is 7.21. The molecule has 0 saturated carbocycles. The number of benzene rings is 2. The normalized spacial score (nSPS) is 12.1. The number of anilines is 1. The molecule has 5 aromatic rings. The molecule has 16 heteroatoms. The number of para-hydroxylation sites is 2. The molecule has 15 nitrogen and oxygen atoms in total. The fourth-order valence-electron chi connectivity index (χ4n) is 3.96. The highest BCUT2D eigenvalue weighted by Crippen LogP contribution is 2.42. The van der Waals surface area contributed by atoms with Crippen LogP contribution in [0.3, 0.4) is 0 Å². The first-order chi connectivity index (χ1) is 20.4. The Morgan fingerprint density at radius 3 is 2.62 bits per heavy atom. The molecule has 2 aromatic carbocycles. The van der Waals surface area contributed by atoms with Crippen molar-refractivity contribution in [2.45, 2.75) is 11.8 Å². The molecule has 1 aliphatic heterocycles. The van der Waals surface area contributed by atoms with Gasteiger partial charge in [0.2, 0.25) is 18.4 Å². The maximum Gasteiger partial charge on any atom is 0.263 e. The summed E-state index contributed by atoms with van der Waals surface area (Å²) in [4.78, 5) is 13.3. The van der Waals surface area contributed by atoms with Crippen molar-refractivity contribution in [3.8, 4) is 57.5 Å². The molecule has 2 N–H and O–H groups in total. The predicted octanol–water partition coefficient (Wildman–Crippen LogP) is 3.45. The lowest BCUT2D eigenvalue weighted by Gasteiger charge is -2.18. The molecule has 0 radical (unpaired) electrons. The van der Waals surface area contributed by atoms with Crippen LogP contribution in [-0.4, -0.2) is 64.5 Å². The number of sulfonamides is 1. The maximum absolute atomic E-state index is 13.6. The molecule has 1 aliphatic rings. The SMILES string of the molecule is CCOc1nc(-c2ccnc(-c3nn[nH]n3)c2)nc(NS(=O)(=O)c2ccc3c(c2)OCO3)c1Oc1ccccc1OC. The fourth-order valence-corrected chi connectivity index (χ4v) is 4.98. The minimum atomic E-state index is -4.23. The summed E-state index contributed by atoms with van der Waals surface area (Å²) in [6, 6.07) is 14.4. The standard InChI is InChI=1S/C26H22N8O7S/c1-3-38-26-22(41-20-7-5-4-6-18(20)37-2)25(32-42(35,36)16-8-9-19-21(13-16)40-14-39-19)28-23(29-26)15-10-11-27-17(12-15)24-30-33-34-31-24/h4-13H,3,14H2,1-2H3,(H,28,29,32)(H,30,31,33,34). The summed E-state index contributed by atoms with van der Waals surface area (Å²) in [5.41, 5.74) is 0.859. The maximum atomic E-state index is 13.6. The molecule has 6 rings (SSSR count). The average molecular weight is 591 g/mol. The van der Waals surface area contributed by atoms with Gasteiger partial charge in [-0.15, -0.1) is 10.2 Å². The summed E-state index contributed by atoms with van der Waals surface area (Å²) >= 11 is 0. The van der Waals surface area contributed by atoms with E-state index in [1.165, 1.54) is 31.5 Å². The Morgan fingerprint density at radius 1 is 1.00 bits per heavy atom. The molecule has 0 amide bonds. The molecular weight excluding hydrogens is 568 g/mol. The van der Waals surface area contributed by atoms with Gasteiger partial charge in [0.15, 0.2) is 34.6 Å². The van der Waals surface area contributed by atoms with E-state index in [4.69, 9.17) is 23.7 Å². The molecule has 0 spiro atoms. The molecule has 4 heterocycles. The van der Waals surface area contributed by atoms with Gasteiger partial charge in [0, 0.05) is 17.8 Å².